The molecule has 4 heteroatoms. The Hall–Kier alpha value is -0.540. The van der Waals surface area contributed by atoms with Crippen molar-refractivity contribution in [3.8, 4) is 0 Å². The zero-order chi connectivity index (χ0) is 13.4. The van der Waals surface area contributed by atoms with Crippen LogP contribution < -0.4 is 0 Å². The van der Waals surface area contributed by atoms with Gasteiger partial charge < -0.3 is 4.74 Å². The molecule has 100 valence electrons. The van der Waals surface area contributed by atoms with E-state index < -0.39 is 0 Å². The van der Waals surface area contributed by atoms with Crippen molar-refractivity contribution in [3.63, 3.8) is 0 Å². The van der Waals surface area contributed by atoms with E-state index >= 15 is 0 Å². The smallest absolute Gasteiger partial charge is 0.319 e. The van der Waals surface area contributed by atoms with Crippen LogP contribution >= 0.6 is 27.5 Å². The molecule has 2 nitrogen and oxygen atoms in total. The summed E-state index contributed by atoms with van der Waals surface area (Å²) in [6, 6.07) is 7.79. The van der Waals surface area contributed by atoms with Crippen molar-refractivity contribution in [2.75, 3.05) is 6.61 Å². The van der Waals surface area contributed by atoms with Crippen molar-refractivity contribution in [3.05, 3.63) is 34.9 Å². The summed E-state index contributed by atoms with van der Waals surface area (Å²) in [7, 11) is 0. The summed E-state index contributed by atoms with van der Waals surface area (Å²) in [6.07, 6.45) is 3.39. The van der Waals surface area contributed by atoms with E-state index in [0.29, 0.717) is 6.61 Å². The van der Waals surface area contributed by atoms with Crippen LogP contribution in [-0.2, 0) is 16.0 Å². The first-order valence-electron chi connectivity index (χ1n) is 6.19. The van der Waals surface area contributed by atoms with E-state index in [2.05, 4.69) is 15.9 Å². The van der Waals surface area contributed by atoms with E-state index in [9.17, 15) is 4.79 Å². The Labute approximate surface area is 122 Å². The maximum atomic E-state index is 11.5. The highest BCUT2D eigenvalue weighted by molar-refractivity contribution is 9.10. The lowest BCUT2D eigenvalue weighted by Gasteiger charge is -2.09. The number of alkyl halides is 1. The second kappa shape index (κ2) is 8.54. The zero-order valence-electron chi connectivity index (χ0n) is 10.5. The molecule has 0 radical (unpaired) electrons. The average molecular weight is 334 g/mol. The number of carbonyl (C=O) groups excluding carboxylic acids is 1. The Kier molecular flexibility index (Phi) is 7.36. The van der Waals surface area contributed by atoms with E-state index in [1.165, 1.54) is 0 Å². The van der Waals surface area contributed by atoms with Crippen LogP contribution in [-0.4, -0.2) is 17.4 Å². The summed E-state index contributed by atoms with van der Waals surface area (Å²) in [5.41, 5.74) is 1.13. The van der Waals surface area contributed by atoms with Gasteiger partial charge >= 0.3 is 5.97 Å². The Bertz CT molecular complexity index is 382. The molecule has 0 amide bonds. The van der Waals surface area contributed by atoms with Gasteiger partial charge in [0.25, 0.3) is 0 Å². The molecular formula is C14H18BrClO2. The van der Waals surface area contributed by atoms with Crippen LogP contribution in [0.15, 0.2) is 24.3 Å². The van der Waals surface area contributed by atoms with E-state index in [1.807, 2.05) is 31.2 Å². The molecule has 0 aliphatic rings. The second-order valence-corrected chi connectivity index (χ2v) is 5.63. The van der Waals surface area contributed by atoms with Crippen LogP contribution in [0.1, 0.15) is 31.7 Å². The van der Waals surface area contributed by atoms with E-state index in [-0.39, 0.29) is 10.8 Å². The Morgan fingerprint density at radius 1 is 1.44 bits per heavy atom. The summed E-state index contributed by atoms with van der Waals surface area (Å²) in [5, 5.41) is 0.789. The molecule has 1 unspecified atom stereocenters. The van der Waals surface area contributed by atoms with Gasteiger partial charge in [-0.25, -0.2) is 0 Å². The number of aryl methyl sites for hydroxylation is 1. The highest BCUT2D eigenvalue weighted by Gasteiger charge is 2.15. The largest absolute Gasteiger partial charge is 0.465 e. The van der Waals surface area contributed by atoms with Gasteiger partial charge in [-0.1, -0.05) is 52.7 Å². The van der Waals surface area contributed by atoms with Crippen molar-refractivity contribution >= 4 is 33.5 Å². The third kappa shape index (κ3) is 5.40. The van der Waals surface area contributed by atoms with Gasteiger partial charge in [-0.2, -0.15) is 0 Å². The number of carbonyl (C=O) groups is 1. The predicted octanol–water partition coefficient (Wildman–Crippen LogP) is 4.38. The van der Waals surface area contributed by atoms with Crippen LogP contribution in [0.4, 0.5) is 0 Å². The lowest BCUT2D eigenvalue weighted by Crippen LogP contribution is -2.18. The van der Waals surface area contributed by atoms with Gasteiger partial charge in [-0.3, -0.25) is 4.79 Å². The van der Waals surface area contributed by atoms with Crippen molar-refractivity contribution in [1.29, 1.82) is 0 Å². The number of hydrogen-bond acceptors (Lipinski definition) is 2. The fourth-order valence-corrected chi connectivity index (χ4v) is 2.27. The maximum absolute atomic E-state index is 11.5. The Morgan fingerprint density at radius 2 is 2.17 bits per heavy atom. The first kappa shape index (κ1) is 15.5. The van der Waals surface area contributed by atoms with E-state index in [1.54, 1.807) is 0 Å². The highest BCUT2D eigenvalue weighted by atomic mass is 79.9. The number of ether oxygens (including phenoxy) is 1. The minimum Gasteiger partial charge on any atom is -0.465 e. The highest BCUT2D eigenvalue weighted by Crippen LogP contribution is 2.19. The van der Waals surface area contributed by atoms with Gasteiger partial charge in [0.15, 0.2) is 0 Å². The van der Waals surface area contributed by atoms with Crippen LogP contribution in [0.3, 0.4) is 0 Å². The number of esters is 1. The van der Waals surface area contributed by atoms with Crippen LogP contribution in [0.25, 0.3) is 0 Å². The lowest BCUT2D eigenvalue weighted by molar-refractivity contribution is -0.142. The van der Waals surface area contributed by atoms with Crippen LogP contribution in [0.5, 0.6) is 0 Å². The molecule has 0 aromatic heterocycles. The van der Waals surface area contributed by atoms with Crippen molar-refractivity contribution in [2.45, 2.75) is 37.4 Å². The van der Waals surface area contributed by atoms with Gasteiger partial charge in [0.1, 0.15) is 4.83 Å². The van der Waals surface area contributed by atoms with E-state index in [0.717, 1.165) is 36.3 Å². The number of hydrogen-bond donors (Lipinski definition) is 0. The molecule has 0 aliphatic heterocycles. The Balaban J connectivity index is 2.29. The fourth-order valence-electron chi connectivity index (χ4n) is 1.58. The van der Waals surface area contributed by atoms with Crippen LogP contribution in [0.2, 0.25) is 5.02 Å². The molecule has 0 saturated heterocycles. The molecule has 0 N–H and O–H groups in total. The molecule has 0 heterocycles. The summed E-state index contributed by atoms with van der Waals surface area (Å²) >= 11 is 9.43. The molecule has 0 bridgehead atoms. The van der Waals surface area contributed by atoms with Gasteiger partial charge in [-0.05, 0) is 37.3 Å². The Morgan fingerprint density at radius 3 is 2.83 bits per heavy atom. The number of benzene rings is 1. The van der Waals surface area contributed by atoms with Gasteiger partial charge in [-0.15, -0.1) is 0 Å². The minimum atomic E-state index is -0.216. The molecule has 1 atom stereocenters. The first-order valence-corrected chi connectivity index (χ1v) is 7.48. The third-order valence-electron chi connectivity index (χ3n) is 2.57. The molecule has 1 aromatic rings. The average Bonchev–Trinajstić information content (AvgIpc) is 2.38. The fraction of sp³-hybridized carbons (Fsp3) is 0.500. The topological polar surface area (TPSA) is 26.3 Å². The second-order valence-electron chi connectivity index (χ2n) is 4.12. The zero-order valence-corrected chi connectivity index (χ0v) is 12.8. The molecule has 0 spiro atoms. The molecule has 1 rings (SSSR count). The summed E-state index contributed by atoms with van der Waals surface area (Å²) in [5.74, 6) is -0.170. The predicted molar refractivity (Wildman–Crippen MR) is 78.4 cm³/mol. The molecular weight excluding hydrogens is 316 g/mol. The monoisotopic (exact) mass is 332 g/mol. The van der Waals surface area contributed by atoms with Gasteiger partial charge in [0.2, 0.25) is 0 Å². The van der Waals surface area contributed by atoms with Gasteiger partial charge in [0, 0.05) is 5.02 Å². The van der Waals surface area contributed by atoms with Gasteiger partial charge in [0.05, 0.1) is 6.61 Å². The van der Waals surface area contributed by atoms with Crippen molar-refractivity contribution in [1.82, 2.24) is 0 Å². The van der Waals surface area contributed by atoms with Crippen LogP contribution in [0, 0.1) is 0 Å². The minimum absolute atomic E-state index is 0.170. The van der Waals surface area contributed by atoms with Crippen molar-refractivity contribution in [2.24, 2.45) is 0 Å². The molecule has 0 aliphatic carbocycles. The normalized spacial score (nSPS) is 12.2. The molecule has 18 heavy (non-hydrogen) atoms. The molecule has 0 fully saturated rings. The number of rotatable bonds is 7. The maximum Gasteiger partial charge on any atom is 0.319 e. The first-order chi connectivity index (χ1) is 8.65. The molecule has 1 aromatic carbocycles. The SMILES string of the molecule is CCCOC(=O)C(Br)CCCc1ccccc1Cl. The number of halogens is 2. The summed E-state index contributed by atoms with van der Waals surface area (Å²) < 4.78 is 5.07. The lowest BCUT2D eigenvalue weighted by atomic mass is 10.1. The van der Waals surface area contributed by atoms with E-state index in [4.69, 9.17) is 16.3 Å². The summed E-state index contributed by atoms with van der Waals surface area (Å²) in [6.45, 7) is 2.47. The molecule has 0 saturated carbocycles. The quantitative estimate of drug-likeness (QED) is 0.547. The summed E-state index contributed by atoms with van der Waals surface area (Å²) in [4.78, 5) is 11.3. The third-order valence-corrected chi connectivity index (χ3v) is 3.77. The van der Waals surface area contributed by atoms with Crippen molar-refractivity contribution < 1.29 is 9.53 Å². The standard InChI is InChI=1S/C14H18BrClO2/c1-2-10-18-14(17)12(15)8-5-7-11-6-3-4-9-13(11)16/h3-4,6,9,12H,2,5,7-8,10H2,1H3.